The summed E-state index contributed by atoms with van der Waals surface area (Å²) in [5.74, 6) is 0.983. The molecule has 4 aromatic rings. The van der Waals surface area contributed by atoms with Crippen LogP contribution < -0.4 is 10.1 Å². The summed E-state index contributed by atoms with van der Waals surface area (Å²) >= 11 is 0. The number of carbonyl (C=O) groups excluding carboxylic acids is 1. The van der Waals surface area contributed by atoms with E-state index in [-0.39, 0.29) is 5.91 Å². The molecular formula is C23H20N4O2. The number of carbonyl (C=O) groups is 1. The minimum atomic E-state index is -0.309. The Balaban J connectivity index is 1.75. The molecule has 2 heterocycles. The highest BCUT2D eigenvalue weighted by atomic mass is 16.5. The zero-order chi connectivity index (χ0) is 20.2. The number of aryl methyl sites for hydroxylation is 1. The molecule has 0 aliphatic carbocycles. The van der Waals surface area contributed by atoms with E-state index in [1.807, 2.05) is 73.7 Å². The monoisotopic (exact) mass is 384 g/mol. The van der Waals surface area contributed by atoms with Gasteiger partial charge >= 0.3 is 0 Å². The maximum atomic E-state index is 12.8. The van der Waals surface area contributed by atoms with Crippen molar-refractivity contribution in [2.45, 2.75) is 6.92 Å². The van der Waals surface area contributed by atoms with Crippen molar-refractivity contribution in [3.05, 3.63) is 90.3 Å². The van der Waals surface area contributed by atoms with Crippen LogP contribution in [0.5, 0.6) is 5.75 Å². The zero-order valence-electron chi connectivity index (χ0n) is 16.2. The number of amides is 1. The summed E-state index contributed by atoms with van der Waals surface area (Å²) in [6.07, 6.45) is 1.65. The molecule has 29 heavy (non-hydrogen) atoms. The van der Waals surface area contributed by atoms with Gasteiger partial charge in [0, 0.05) is 11.8 Å². The molecule has 0 radical (unpaired) electrons. The Kier molecular flexibility index (Phi) is 5.07. The Hall–Kier alpha value is -3.93. The predicted octanol–water partition coefficient (Wildman–Crippen LogP) is 4.50. The molecule has 0 saturated heterocycles. The lowest BCUT2D eigenvalue weighted by atomic mass is 10.1. The van der Waals surface area contributed by atoms with Gasteiger partial charge < -0.3 is 10.1 Å². The van der Waals surface area contributed by atoms with Crippen molar-refractivity contribution < 1.29 is 9.53 Å². The zero-order valence-corrected chi connectivity index (χ0v) is 16.2. The van der Waals surface area contributed by atoms with E-state index in [0.717, 1.165) is 28.3 Å². The first kappa shape index (κ1) is 18.4. The molecule has 4 rings (SSSR count). The summed E-state index contributed by atoms with van der Waals surface area (Å²) < 4.78 is 7.01. The Morgan fingerprint density at radius 2 is 1.76 bits per heavy atom. The number of nitrogens with zero attached hydrogens (tertiary/aromatic N) is 3. The smallest absolute Gasteiger partial charge is 0.277 e. The van der Waals surface area contributed by atoms with Crippen molar-refractivity contribution in [1.82, 2.24) is 14.8 Å². The largest absolute Gasteiger partial charge is 0.497 e. The fourth-order valence-corrected chi connectivity index (χ4v) is 3.01. The Bertz CT molecular complexity index is 1140. The van der Waals surface area contributed by atoms with Crippen LogP contribution in [-0.2, 0) is 0 Å². The second kappa shape index (κ2) is 7.98. The van der Waals surface area contributed by atoms with E-state index in [1.165, 1.54) is 0 Å². The van der Waals surface area contributed by atoms with Crippen LogP contribution in [0.15, 0.2) is 79.0 Å². The second-order valence-electron chi connectivity index (χ2n) is 6.51. The van der Waals surface area contributed by atoms with Crippen molar-refractivity contribution >= 4 is 11.7 Å². The lowest BCUT2D eigenvalue weighted by molar-refractivity contribution is 0.102. The number of para-hydroxylation sites is 1. The number of aromatic nitrogens is 3. The molecule has 6 nitrogen and oxygen atoms in total. The summed E-state index contributed by atoms with van der Waals surface area (Å²) in [6, 6.07) is 22.9. The number of anilines is 1. The van der Waals surface area contributed by atoms with Gasteiger partial charge in [0.1, 0.15) is 11.6 Å². The first-order valence-corrected chi connectivity index (χ1v) is 9.18. The molecule has 2 aromatic carbocycles. The van der Waals surface area contributed by atoms with Crippen LogP contribution in [0.4, 0.5) is 5.82 Å². The predicted molar refractivity (Wildman–Crippen MR) is 112 cm³/mol. The van der Waals surface area contributed by atoms with E-state index < -0.39 is 0 Å². The van der Waals surface area contributed by atoms with Gasteiger partial charge in [-0.25, -0.2) is 9.67 Å². The molecule has 0 fully saturated rings. The topological polar surface area (TPSA) is 69.0 Å². The van der Waals surface area contributed by atoms with Crippen LogP contribution in [0.25, 0.3) is 16.9 Å². The van der Waals surface area contributed by atoms with Gasteiger partial charge in [0.15, 0.2) is 5.69 Å². The third kappa shape index (κ3) is 3.87. The quantitative estimate of drug-likeness (QED) is 0.550. The number of hydrogen-bond acceptors (Lipinski definition) is 4. The Labute approximate surface area is 168 Å². The van der Waals surface area contributed by atoms with Crippen molar-refractivity contribution in [2.75, 3.05) is 12.4 Å². The highest BCUT2D eigenvalue weighted by molar-refractivity contribution is 6.03. The fourth-order valence-electron chi connectivity index (χ4n) is 3.01. The number of pyridine rings is 1. The van der Waals surface area contributed by atoms with Crippen LogP contribution in [0, 0.1) is 6.92 Å². The SMILES string of the molecule is COc1ccc(-c2cc(C(=O)Nc3ncccc3C)nn2-c2ccccc2)cc1. The summed E-state index contributed by atoms with van der Waals surface area (Å²) in [6.45, 7) is 1.90. The molecule has 0 atom stereocenters. The van der Waals surface area contributed by atoms with Crippen LogP contribution in [0.2, 0.25) is 0 Å². The van der Waals surface area contributed by atoms with E-state index in [1.54, 1.807) is 24.1 Å². The van der Waals surface area contributed by atoms with Gasteiger partial charge in [0.2, 0.25) is 0 Å². The normalized spacial score (nSPS) is 10.6. The van der Waals surface area contributed by atoms with Crippen LogP contribution in [0.3, 0.4) is 0 Å². The standard InChI is InChI=1S/C23H20N4O2/c1-16-7-6-14-24-22(16)25-23(28)20-15-21(17-10-12-19(29-2)13-11-17)27(26-20)18-8-4-3-5-9-18/h3-15H,1-2H3,(H,24,25,28). The molecule has 0 aliphatic heterocycles. The van der Waals surface area contributed by atoms with Crippen molar-refractivity contribution in [3.8, 4) is 22.7 Å². The number of benzene rings is 2. The fraction of sp³-hybridized carbons (Fsp3) is 0.0870. The molecule has 2 aromatic heterocycles. The lowest BCUT2D eigenvalue weighted by Crippen LogP contribution is -2.15. The van der Waals surface area contributed by atoms with Gasteiger partial charge in [-0.15, -0.1) is 0 Å². The number of ether oxygens (including phenoxy) is 1. The second-order valence-corrected chi connectivity index (χ2v) is 6.51. The van der Waals surface area contributed by atoms with Gasteiger partial charge in [-0.05, 0) is 61.0 Å². The van der Waals surface area contributed by atoms with E-state index >= 15 is 0 Å². The highest BCUT2D eigenvalue weighted by Crippen LogP contribution is 2.26. The molecule has 0 saturated carbocycles. The molecule has 0 spiro atoms. The molecule has 144 valence electrons. The van der Waals surface area contributed by atoms with Crippen molar-refractivity contribution in [2.24, 2.45) is 0 Å². The van der Waals surface area contributed by atoms with Crippen LogP contribution in [-0.4, -0.2) is 27.8 Å². The molecule has 1 amide bonds. The summed E-state index contributed by atoms with van der Waals surface area (Å²) in [5, 5.41) is 7.41. The molecule has 0 bridgehead atoms. The van der Waals surface area contributed by atoms with Crippen LogP contribution in [0.1, 0.15) is 16.1 Å². The van der Waals surface area contributed by atoms with Gasteiger partial charge in [0.05, 0.1) is 18.5 Å². The summed E-state index contributed by atoms with van der Waals surface area (Å²) in [4.78, 5) is 17.1. The first-order chi connectivity index (χ1) is 14.2. The van der Waals surface area contributed by atoms with E-state index in [0.29, 0.717) is 11.5 Å². The molecule has 0 unspecified atom stereocenters. The summed E-state index contributed by atoms with van der Waals surface area (Å²) in [7, 11) is 1.63. The maximum Gasteiger partial charge on any atom is 0.277 e. The van der Waals surface area contributed by atoms with Crippen LogP contribution >= 0.6 is 0 Å². The average Bonchev–Trinajstić information content (AvgIpc) is 3.22. The minimum absolute atomic E-state index is 0.309. The van der Waals surface area contributed by atoms with Gasteiger partial charge in [0.25, 0.3) is 5.91 Å². The van der Waals surface area contributed by atoms with E-state index in [9.17, 15) is 4.79 Å². The van der Waals surface area contributed by atoms with Crippen molar-refractivity contribution in [3.63, 3.8) is 0 Å². The van der Waals surface area contributed by atoms with Gasteiger partial charge in [-0.1, -0.05) is 24.3 Å². The first-order valence-electron chi connectivity index (χ1n) is 9.18. The van der Waals surface area contributed by atoms with Crippen molar-refractivity contribution in [1.29, 1.82) is 0 Å². The van der Waals surface area contributed by atoms with Gasteiger partial charge in [-0.2, -0.15) is 5.10 Å². The number of nitrogens with one attached hydrogen (secondary N) is 1. The Morgan fingerprint density at radius 3 is 2.45 bits per heavy atom. The third-order valence-electron chi connectivity index (χ3n) is 4.57. The third-order valence-corrected chi connectivity index (χ3v) is 4.57. The molecule has 0 aliphatic rings. The van der Waals surface area contributed by atoms with E-state index in [2.05, 4.69) is 15.4 Å². The van der Waals surface area contributed by atoms with E-state index in [4.69, 9.17) is 4.74 Å². The minimum Gasteiger partial charge on any atom is -0.497 e. The molecule has 6 heteroatoms. The highest BCUT2D eigenvalue weighted by Gasteiger charge is 2.18. The summed E-state index contributed by atoms with van der Waals surface area (Å²) in [5.41, 5.74) is 3.80. The number of hydrogen-bond donors (Lipinski definition) is 1. The Morgan fingerprint density at radius 1 is 1.00 bits per heavy atom. The molecular weight excluding hydrogens is 364 g/mol. The maximum absolute atomic E-state index is 12.8. The molecule has 1 N–H and O–H groups in total. The number of rotatable bonds is 5. The van der Waals surface area contributed by atoms with Gasteiger partial charge in [-0.3, -0.25) is 4.79 Å². The lowest BCUT2D eigenvalue weighted by Gasteiger charge is -2.08. The average molecular weight is 384 g/mol. The number of methoxy groups -OCH3 is 1.